The zero-order valence-electron chi connectivity index (χ0n) is 15.7. The predicted molar refractivity (Wildman–Crippen MR) is 101 cm³/mol. The summed E-state index contributed by atoms with van der Waals surface area (Å²) in [5, 5.41) is 6.50. The molecule has 1 N–H and O–H groups in total. The Morgan fingerprint density at radius 3 is 2.73 bits per heavy atom. The van der Waals surface area contributed by atoms with E-state index >= 15 is 0 Å². The summed E-state index contributed by atoms with van der Waals surface area (Å²) in [7, 11) is 0. The van der Waals surface area contributed by atoms with Gasteiger partial charge in [0, 0.05) is 36.1 Å². The van der Waals surface area contributed by atoms with Crippen LogP contribution in [0.3, 0.4) is 0 Å². The third kappa shape index (κ3) is 3.94. The number of carbonyl (C=O) groups excluding carboxylic acids is 1. The van der Waals surface area contributed by atoms with Gasteiger partial charge in [-0.15, -0.1) is 11.3 Å². The molecule has 0 amide bonds. The summed E-state index contributed by atoms with van der Waals surface area (Å²) in [5.74, 6) is -0.172. The molecular weight excluding hydrogens is 348 g/mol. The third-order valence-electron chi connectivity index (χ3n) is 4.55. The van der Waals surface area contributed by atoms with Gasteiger partial charge in [0.05, 0.1) is 11.7 Å². The highest BCUT2D eigenvalue weighted by Crippen LogP contribution is 2.46. The number of thiazole rings is 1. The van der Waals surface area contributed by atoms with Crippen molar-refractivity contribution in [2.75, 3.05) is 0 Å². The second-order valence-electron chi connectivity index (χ2n) is 7.77. The lowest BCUT2D eigenvalue weighted by Gasteiger charge is -2.31. The molecule has 6 nitrogen and oxygen atoms in total. The van der Waals surface area contributed by atoms with Crippen molar-refractivity contribution in [1.29, 1.82) is 0 Å². The first-order valence-electron chi connectivity index (χ1n) is 9.01. The topological polar surface area (TPSA) is 77.0 Å². The summed E-state index contributed by atoms with van der Waals surface area (Å²) >= 11 is 1.59. The van der Waals surface area contributed by atoms with E-state index in [9.17, 15) is 4.79 Å². The number of hydrogen-bond acceptors (Lipinski definition) is 7. The second-order valence-corrected chi connectivity index (χ2v) is 8.69. The van der Waals surface area contributed by atoms with Crippen LogP contribution >= 0.6 is 11.3 Å². The number of carbonyl (C=O) groups is 1. The highest BCUT2D eigenvalue weighted by molar-refractivity contribution is 7.09. The van der Waals surface area contributed by atoms with Gasteiger partial charge >= 0.3 is 5.97 Å². The molecule has 1 fully saturated rings. The summed E-state index contributed by atoms with van der Waals surface area (Å²) in [4.78, 5) is 26.3. The van der Waals surface area contributed by atoms with Crippen molar-refractivity contribution < 1.29 is 9.53 Å². The van der Waals surface area contributed by atoms with Crippen molar-refractivity contribution in [3.63, 3.8) is 0 Å². The van der Waals surface area contributed by atoms with E-state index in [1.54, 1.807) is 36.1 Å². The van der Waals surface area contributed by atoms with Gasteiger partial charge in [-0.1, -0.05) is 13.3 Å². The molecule has 3 heterocycles. The Labute approximate surface area is 158 Å². The van der Waals surface area contributed by atoms with Crippen molar-refractivity contribution in [3.05, 3.63) is 40.9 Å². The van der Waals surface area contributed by atoms with Crippen LogP contribution in [0.5, 0.6) is 0 Å². The van der Waals surface area contributed by atoms with E-state index in [1.165, 1.54) is 0 Å². The van der Waals surface area contributed by atoms with E-state index in [4.69, 9.17) is 4.74 Å². The van der Waals surface area contributed by atoms with Gasteiger partial charge in [0.25, 0.3) is 0 Å². The SMILES string of the molecule is CCC[C@@]1(C(=O)OC(C)(C)C)C[C@H](c2cnccn2)[C@H](c2nccs2)N1. The minimum absolute atomic E-state index is 0.0221. The smallest absolute Gasteiger partial charge is 0.326 e. The van der Waals surface area contributed by atoms with Gasteiger partial charge in [0.1, 0.15) is 16.1 Å². The zero-order chi connectivity index (χ0) is 18.8. The Bertz CT molecular complexity index is 730. The first-order chi connectivity index (χ1) is 12.3. The molecule has 0 unspecified atom stereocenters. The van der Waals surface area contributed by atoms with E-state index in [-0.39, 0.29) is 17.9 Å². The highest BCUT2D eigenvalue weighted by Gasteiger charge is 2.53. The number of esters is 1. The molecule has 0 bridgehead atoms. The van der Waals surface area contributed by atoms with E-state index < -0.39 is 11.1 Å². The lowest BCUT2D eigenvalue weighted by molar-refractivity contribution is -0.163. The zero-order valence-corrected chi connectivity index (χ0v) is 16.5. The van der Waals surface area contributed by atoms with Crippen LogP contribution in [-0.2, 0) is 9.53 Å². The number of aromatic nitrogens is 3. The van der Waals surface area contributed by atoms with E-state index in [0.717, 1.165) is 17.1 Å². The first-order valence-corrected chi connectivity index (χ1v) is 9.89. The van der Waals surface area contributed by atoms with Crippen LogP contribution in [-0.4, -0.2) is 32.1 Å². The average molecular weight is 375 g/mol. The largest absolute Gasteiger partial charge is 0.459 e. The Morgan fingerprint density at radius 1 is 1.35 bits per heavy atom. The van der Waals surface area contributed by atoms with Crippen LogP contribution < -0.4 is 5.32 Å². The monoisotopic (exact) mass is 374 g/mol. The van der Waals surface area contributed by atoms with E-state index in [1.807, 2.05) is 26.2 Å². The van der Waals surface area contributed by atoms with Crippen LogP contribution in [0.15, 0.2) is 30.2 Å². The summed E-state index contributed by atoms with van der Waals surface area (Å²) in [6.45, 7) is 7.79. The van der Waals surface area contributed by atoms with Crippen molar-refractivity contribution in [3.8, 4) is 0 Å². The number of nitrogens with zero attached hydrogens (tertiary/aromatic N) is 3. The van der Waals surface area contributed by atoms with Crippen molar-refractivity contribution in [1.82, 2.24) is 20.3 Å². The minimum Gasteiger partial charge on any atom is -0.459 e. The van der Waals surface area contributed by atoms with Gasteiger partial charge in [0.15, 0.2) is 0 Å². The van der Waals surface area contributed by atoms with Crippen molar-refractivity contribution >= 4 is 17.3 Å². The van der Waals surface area contributed by atoms with Crippen molar-refractivity contribution in [2.45, 2.75) is 70.1 Å². The summed E-state index contributed by atoms with van der Waals surface area (Å²) in [6.07, 6.45) is 9.15. The minimum atomic E-state index is -0.736. The Hall–Kier alpha value is -1.86. The molecule has 140 valence electrons. The van der Waals surface area contributed by atoms with Gasteiger partial charge in [0.2, 0.25) is 0 Å². The van der Waals surface area contributed by atoms with Gasteiger partial charge in [-0.25, -0.2) is 4.98 Å². The van der Waals surface area contributed by atoms with Gasteiger partial charge in [-0.3, -0.25) is 20.1 Å². The lowest BCUT2D eigenvalue weighted by atomic mass is 9.86. The van der Waals surface area contributed by atoms with Crippen LogP contribution in [0, 0.1) is 0 Å². The fraction of sp³-hybridized carbons (Fsp3) is 0.579. The highest BCUT2D eigenvalue weighted by atomic mass is 32.1. The normalized spacial score (nSPS) is 26.0. The quantitative estimate of drug-likeness (QED) is 0.805. The van der Waals surface area contributed by atoms with Crippen LogP contribution in [0.4, 0.5) is 0 Å². The van der Waals surface area contributed by atoms with Crippen molar-refractivity contribution in [2.24, 2.45) is 0 Å². The van der Waals surface area contributed by atoms with E-state index in [0.29, 0.717) is 12.8 Å². The molecule has 0 spiro atoms. The number of nitrogens with one attached hydrogen (secondary N) is 1. The first kappa shape index (κ1) is 18.9. The fourth-order valence-corrected chi connectivity index (χ4v) is 4.32. The molecule has 1 aliphatic heterocycles. The number of hydrogen-bond donors (Lipinski definition) is 1. The molecule has 0 aliphatic carbocycles. The molecule has 3 atom stereocenters. The maximum Gasteiger partial charge on any atom is 0.326 e. The third-order valence-corrected chi connectivity index (χ3v) is 5.41. The second kappa shape index (κ2) is 7.40. The molecule has 0 saturated carbocycles. The molecule has 1 aliphatic rings. The molecule has 1 saturated heterocycles. The molecule has 2 aromatic rings. The summed E-state index contributed by atoms with van der Waals surface area (Å²) in [5.41, 5.74) is -0.386. The average Bonchev–Trinajstić information content (AvgIpc) is 3.22. The Balaban J connectivity index is 1.98. The van der Waals surface area contributed by atoms with Crippen LogP contribution in [0.25, 0.3) is 0 Å². The lowest BCUT2D eigenvalue weighted by Crippen LogP contribution is -2.51. The Morgan fingerprint density at radius 2 is 2.15 bits per heavy atom. The molecule has 7 heteroatoms. The number of rotatable bonds is 5. The van der Waals surface area contributed by atoms with Crippen LogP contribution in [0.1, 0.15) is 69.6 Å². The molecular formula is C19H26N4O2S. The summed E-state index contributed by atoms with van der Waals surface area (Å²) in [6, 6.07) is -0.0780. The standard InChI is InChI=1S/C19H26N4O2S/c1-5-6-19(17(24)25-18(2,3)4)11-13(14-12-20-7-8-21-14)15(23-19)16-22-9-10-26-16/h7-10,12-13,15,23H,5-6,11H2,1-4H3/t13-,15-,19+/m1/s1. The fourth-order valence-electron chi connectivity index (χ4n) is 3.57. The van der Waals surface area contributed by atoms with Gasteiger partial charge in [-0.05, 0) is 33.6 Å². The van der Waals surface area contributed by atoms with Gasteiger partial charge < -0.3 is 4.74 Å². The maximum absolute atomic E-state index is 13.1. The molecule has 0 radical (unpaired) electrons. The Kier molecular flexibility index (Phi) is 5.39. The predicted octanol–water partition coefficient (Wildman–Crippen LogP) is 3.63. The summed E-state index contributed by atoms with van der Waals surface area (Å²) < 4.78 is 5.77. The van der Waals surface area contributed by atoms with E-state index in [2.05, 4.69) is 27.2 Å². The van der Waals surface area contributed by atoms with Gasteiger partial charge in [-0.2, -0.15) is 0 Å². The molecule has 0 aromatic carbocycles. The maximum atomic E-state index is 13.1. The molecule has 26 heavy (non-hydrogen) atoms. The molecule has 3 rings (SSSR count). The van der Waals surface area contributed by atoms with Crippen LogP contribution in [0.2, 0.25) is 0 Å². The number of ether oxygens (including phenoxy) is 1. The molecule has 2 aromatic heterocycles.